The number of nitriles is 1. The summed E-state index contributed by atoms with van der Waals surface area (Å²) in [7, 11) is 0. The van der Waals surface area contributed by atoms with Crippen molar-refractivity contribution in [3.05, 3.63) is 17.8 Å². The molecule has 1 rings (SSSR count). The standard InChI is InChI=1S/C8H9N3O2/c1-6-4-11-8(13-6)5-10-7(12)2-3-9/h4H,2,5H2,1H3,(H,10,12). The van der Waals surface area contributed by atoms with Gasteiger partial charge in [0, 0.05) is 0 Å². The number of aryl methyl sites for hydroxylation is 1. The molecule has 0 aliphatic rings. The van der Waals surface area contributed by atoms with Crippen LogP contribution < -0.4 is 5.32 Å². The van der Waals surface area contributed by atoms with Crippen molar-refractivity contribution in [1.82, 2.24) is 10.3 Å². The van der Waals surface area contributed by atoms with Crippen LogP contribution in [0.5, 0.6) is 0 Å². The van der Waals surface area contributed by atoms with Gasteiger partial charge in [0.1, 0.15) is 12.2 Å². The van der Waals surface area contributed by atoms with Gasteiger partial charge in [-0.1, -0.05) is 0 Å². The largest absolute Gasteiger partial charge is 0.444 e. The molecule has 0 radical (unpaired) electrons. The minimum atomic E-state index is -0.321. The molecule has 0 atom stereocenters. The number of carbonyl (C=O) groups is 1. The zero-order valence-electron chi connectivity index (χ0n) is 7.20. The molecule has 0 aliphatic carbocycles. The summed E-state index contributed by atoms with van der Waals surface area (Å²) in [6, 6.07) is 1.75. The van der Waals surface area contributed by atoms with E-state index in [2.05, 4.69) is 10.3 Å². The highest BCUT2D eigenvalue weighted by Crippen LogP contribution is 2.00. The van der Waals surface area contributed by atoms with Crippen LogP contribution in [0.25, 0.3) is 0 Å². The van der Waals surface area contributed by atoms with Gasteiger partial charge >= 0.3 is 0 Å². The molecule has 5 heteroatoms. The first-order valence-electron chi connectivity index (χ1n) is 3.77. The molecule has 5 nitrogen and oxygen atoms in total. The molecule has 1 amide bonds. The molecule has 0 aliphatic heterocycles. The maximum Gasteiger partial charge on any atom is 0.234 e. The fraction of sp³-hybridized carbons (Fsp3) is 0.375. The van der Waals surface area contributed by atoms with Crippen molar-refractivity contribution in [2.75, 3.05) is 0 Å². The Balaban J connectivity index is 2.36. The molecule has 1 aromatic rings. The molecule has 1 aromatic heterocycles. The van der Waals surface area contributed by atoms with Gasteiger partial charge in [-0.3, -0.25) is 4.79 Å². The number of carbonyl (C=O) groups excluding carboxylic acids is 1. The molecule has 68 valence electrons. The Hall–Kier alpha value is -1.83. The van der Waals surface area contributed by atoms with Gasteiger partial charge in [0.05, 0.1) is 18.8 Å². The molecule has 0 fully saturated rings. The molecular formula is C8H9N3O2. The number of nitrogens with one attached hydrogen (secondary N) is 1. The normalized spacial score (nSPS) is 9.23. The summed E-state index contributed by atoms with van der Waals surface area (Å²) >= 11 is 0. The third-order valence-corrected chi connectivity index (χ3v) is 1.35. The number of aromatic nitrogens is 1. The molecule has 0 saturated heterocycles. The highest BCUT2D eigenvalue weighted by atomic mass is 16.4. The second-order valence-electron chi connectivity index (χ2n) is 2.48. The smallest absolute Gasteiger partial charge is 0.234 e. The lowest BCUT2D eigenvalue weighted by Gasteiger charge is -1.96. The molecular weight excluding hydrogens is 170 g/mol. The maximum atomic E-state index is 10.8. The van der Waals surface area contributed by atoms with E-state index < -0.39 is 0 Å². The van der Waals surface area contributed by atoms with Crippen LogP contribution in [0.3, 0.4) is 0 Å². The second-order valence-corrected chi connectivity index (χ2v) is 2.48. The minimum Gasteiger partial charge on any atom is -0.444 e. The summed E-state index contributed by atoms with van der Waals surface area (Å²) < 4.78 is 5.10. The molecule has 0 unspecified atom stereocenters. The quantitative estimate of drug-likeness (QED) is 0.733. The van der Waals surface area contributed by atoms with E-state index in [1.54, 1.807) is 19.2 Å². The van der Waals surface area contributed by atoms with Gasteiger partial charge in [0.25, 0.3) is 0 Å². The van der Waals surface area contributed by atoms with Gasteiger partial charge < -0.3 is 9.73 Å². The zero-order valence-corrected chi connectivity index (χ0v) is 7.20. The molecule has 0 saturated carbocycles. The van der Waals surface area contributed by atoms with Crippen LogP contribution in [0.4, 0.5) is 0 Å². The summed E-state index contributed by atoms with van der Waals surface area (Å²) in [6.07, 6.45) is 1.44. The average Bonchev–Trinajstić information content (AvgIpc) is 2.49. The molecule has 0 spiro atoms. The molecule has 0 aromatic carbocycles. The van der Waals surface area contributed by atoms with Crippen LogP contribution in [-0.4, -0.2) is 10.9 Å². The van der Waals surface area contributed by atoms with Crippen molar-refractivity contribution in [1.29, 1.82) is 5.26 Å². The Labute approximate surface area is 75.4 Å². The lowest BCUT2D eigenvalue weighted by molar-refractivity contribution is -0.120. The molecule has 1 heterocycles. The van der Waals surface area contributed by atoms with Gasteiger partial charge in [-0.15, -0.1) is 0 Å². The zero-order chi connectivity index (χ0) is 9.68. The van der Waals surface area contributed by atoms with E-state index in [9.17, 15) is 4.79 Å². The summed E-state index contributed by atoms with van der Waals surface area (Å²) in [4.78, 5) is 14.7. The Morgan fingerprint density at radius 3 is 3.15 bits per heavy atom. The Morgan fingerprint density at radius 1 is 1.85 bits per heavy atom. The van der Waals surface area contributed by atoms with Gasteiger partial charge in [0.15, 0.2) is 0 Å². The first kappa shape index (κ1) is 9.26. The Morgan fingerprint density at radius 2 is 2.62 bits per heavy atom. The highest BCUT2D eigenvalue weighted by molar-refractivity contribution is 5.77. The van der Waals surface area contributed by atoms with Gasteiger partial charge in [-0.2, -0.15) is 5.26 Å². The monoisotopic (exact) mass is 179 g/mol. The predicted molar refractivity (Wildman–Crippen MR) is 43.3 cm³/mol. The summed E-state index contributed by atoms with van der Waals surface area (Å²) in [5.74, 6) is 0.826. The highest BCUT2D eigenvalue weighted by Gasteiger charge is 2.03. The van der Waals surface area contributed by atoms with E-state index in [1.165, 1.54) is 0 Å². The maximum absolute atomic E-state index is 10.8. The SMILES string of the molecule is Cc1cnc(CNC(=O)CC#N)o1. The first-order valence-corrected chi connectivity index (χ1v) is 3.77. The number of hydrogen-bond acceptors (Lipinski definition) is 4. The molecule has 1 N–H and O–H groups in total. The van der Waals surface area contributed by atoms with Crippen molar-refractivity contribution in [3.63, 3.8) is 0 Å². The third kappa shape index (κ3) is 2.95. The van der Waals surface area contributed by atoms with Crippen LogP contribution in [-0.2, 0) is 11.3 Å². The van der Waals surface area contributed by atoms with Gasteiger partial charge in [0.2, 0.25) is 11.8 Å². The van der Waals surface area contributed by atoms with Crippen molar-refractivity contribution in [3.8, 4) is 6.07 Å². The number of hydrogen-bond donors (Lipinski definition) is 1. The van der Waals surface area contributed by atoms with Crippen LogP contribution in [0, 0.1) is 18.3 Å². The van der Waals surface area contributed by atoms with E-state index >= 15 is 0 Å². The minimum absolute atomic E-state index is 0.139. The Bertz CT molecular complexity index is 337. The van der Waals surface area contributed by atoms with E-state index in [0.29, 0.717) is 11.7 Å². The molecule has 0 bridgehead atoms. The fourth-order valence-electron chi connectivity index (χ4n) is 0.792. The van der Waals surface area contributed by atoms with Crippen molar-refractivity contribution in [2.24, 2.45) is 0 Å². The van der Waals surface area contributed by atoms with Gasteiger partial charge in [-0.25, -0.2) is 4.98 Å². The average molecular weight is 179 g/mol. The lowest BCUT2D eigenvalue weighted by Crippen LogP contribution is -2.21. The van der Waals surface area contributed by atoms with Crippen LogP contribution in [0.2, 0.25) is 0 Å². The van der Waals surface area contributed by atoms with Crippen molar-refractivity contribution in [2.45, 2.75) is 19.9 Å². The van der Waals surface area contributed by atoms with E-state index in [-0.39, 0.29) is 18.9 Å². The van der Waals surface area contributed by atoms with Crippen molar-refractivity contribution >= 4 is 5.91 Å². The summed E-state index contributed by atoms with van der Waals surface area (Å²) in [6.45, 7) is 2.00. The van der Waals surface area contributed by atoms with E-state index in [0.717, 1.165) is 0 Å². The van der Waals surface area contributed by atoms with Crippen LogP contribution in [0.1, 0.15) is 18.1 Å². The topological polar surface area (TPSA) is 78.9 Å². The number of amides is 1. The van der Waals surface area contributed by atoms with E-state index in [4.69, 9.17) is 9.68 Å². The Kier molecular flexibility index (Phi) is 3.03. The van der Waals surface area contributed by atoms with Crippen molar-refractivity contribution < 1.29 is 9.21 Å². The van der Waals surface area contributed by atoms with Gasteiger partial charge in [-0.05, 0) is 6.92 Å². The van der Waals surface area contributed by atoms with Crippen LogP contribution in [0.15, 0.2) is 10.6 Å². The summed E-state index contributed by atoms with van der Waals surface area (Å²) in [5, 5.41) is 10.7. The lowest BCUT2D eigenvalue weighted by atomic mass is 10.4. The number of nitrogens with zero attached hydrogens (tertiary/aromatic N) is 2. The predicted octanol–water partition coefficient (Wildman–Crippen LogP) is 0.513. The summed E-state index contributed by atoms with van der Waals surface area (Å²) in [5.41, 5.74) is 0. The fourth-order valence-corrected chi connectivity index (χ4v) is 0.792. The second kappa shape index (κ2) is 4.26. The number of oxazole rings is 1. The molecule has 13 heavy (non-hydrogen) atoms. The first-order chi connectivity index (χ1) is 6.22. The van der Waals surface area contributed by atoms with Crippen LogP contribution >= 0.6 is 0 Å². The third-order valence-electron chi connectivity index (χ3n) is 1.35. The van der Waals surface area contributed by atoms with E-state index in [1.807, 2.05) is 0 Å². The number of rotatable bonds is 3.